The number of rotatable bonds is 4. The lowest BCUT2D eigenvalue weighted by molar-refractivity contribution is -0.884. The molecular formula is C10H18N3O3+. The summed E-state index contributed by atoms with van der Waals surface area (Å²) in [6.45, 7) is 2.56. The second-order valence-corrected chi connectivity index (χ2v) is 4.60. The average molecular weight is 228 g/mol. The molecule has 1 rings (SSSR count). The van der Waals surface area contributed by atoms with Crippen molar-refractivity contribution in [3.63, 3.8) is 0 Å². The Morgan fingerprint density at radius 2 is 1.94 bits per heavy atom. The van der Waals surface area contributed by atoms with Gasteiger partial charge in [-0.2, -0.15) is 0 Å². The fourth-order valence-electron chi connectivity index (χ4n) is 1.39. The highest BCUT2D eigenvalue weighted by Crippen LogP contribution is 2.08. The third kappa shape index (κ3) is 3.23. The zero-order valence-corrected chi connectivity index (χ0v) is 10.1. The van der Waals surface area contributed by atoms with Crippen molar-refractivity contribution in [1.82, 2.24) is 9.97 Å². The van der Waals surface area contributed by atoms with Gasteiger partial charge >= 0.3 is 11.7 Å². The lowest BCUT2D eigenvalue weighted by Crippen LogP contribution is -2.34. The number of esters is 1. The largest absolute Gasteiger partial charge is 0.461 e. The molecule has 0 unspecified atom stereocenters. The summed E-state index contributed by atoms with van der Waals surface area (Å²) < 4.78 is 5.47. The number of carbonyl (C=O) groups is 1. The quantitative estimate of drug-likeness (QED) is 0.566. The van der Waals surface area contributed by atoms with E-state index in [1.807, 2.05) is 21.1 Å². The fraction of sp³-hybridized carbons (Fsp3) is 0.600. The van der Waals surface area contributed by atoms with E-state index in [-0.39, 0.29) is 18.0 Å². The van der Waals surface area contributed by atoms with Gasteiger partial charge < -0.3 is 14.2 Å². The van der Waals surface area contributed by atoms with Crippen LogP contribution in [0.5, 0.6) is 0 Å². The van der Waals surface area contributed by atoms with Gasteiger partial charge in [0.2, 0.25) is 0 Å². The summed E-state index contributed by atoms with van der Waals surface area (Å²) in [5, 5.41) is 0. The first-order valence-electron chi connectivity index (χ1n) is 5.12. The number of quaternary nitrogens is 1. The van der Waals surface area contributed by atoms with Gasteiger partial charge in [-0.25, -0.2) is 9.59 Å². The van der Waals surface area contributed by atoms with Crippen LogP contribution >= 0.6 is 0 Å². The van der Waals surface area contributed by atoms with Gasteiger partial charge in [0.05, 0.1) is 27.7 Å². The highest BCUT2D eigenvalue weighted by Gasteiger charge is 2.21. The van der Waals surface area contributed by atoms with Crippen LogP contribution in [-0.4, -0.2) is 48.2 Å². The molecule has 0 spiro atoms. The Bertz CT molecular complexity index is 425. The van der Waals surface area contributed by atoms with Crippen molar-refractivity contribution in [3.8, 4) is 0 Å². The smallest absolute Gasteiger partial charge is 0.356 e. The third-order valence-electron chi connectivity index (χ3n) is 1.92. The van der Waals surface area contributed by atoms with Crippen LogP contribution in [0, 0.1) is 0 Å². The number of ether oxygens (including phenoxy) is 1. The molecule has 90 valence electrons. The van der Waals surface area contributed by atoms with E-state index in [1.54, 1.807) is 6.92 Å². The predicted molar refractivity (Wildman–Crippen MR) is 59.1 cm³/mol. The lowest BCUT2D eigenvalue weighted by Gasteiger charge is -2.23. The number of hydrogen-bond acceptors (Lipinski definition) is 3. The van der Waals surface area contributed by atoms with Crippen molar-refractivity contribution in [2.75, 3.05) is 27.7 Å². The molecule has 2 N–H and O–H groups in total. The molecule has 0 aliphatic carbocycles. The van der Waals surface area contributed by atoms with Crippen molar-refractivity contribution in [2.24, 2.45) is 0 Å². The van der Waals surface area contributed by atoms with Gasteiger partial charge in [-0.15, -0.1) is 0 Å². The van der Waals surface area contributed by atoms with Gasteiger partial charge in [-0.3, -0.25) is 4.98 Å². The minimum absolute atomic E-state index is 0.222. The molecule has 0 radical (unpaired) electrons. The normalized spacial score (nSPS) is 11.5. The van der Waals surface area contributed by atoms with Crippen LogP contribution < -0.4 is 5.69 Å². The Labute approximate surface area is 93.8 Å². The van der Waals surface area contributed by atoms with Crippen molar-refractivity contribution in [1.29, 1.82) is 0 Å². The van der Waals surface area contributed by atoms with Crippen LogP contribution in [0.15, 0.2) is 4.79 Å². The Kier molecular flexibility index (Phi) is 3.54. The van der Waals surface area contributed by atoms with E-state index in [4.69, 9.17) is 4.74 Å². The van der Waals surface area contributed by atoms with E-state index in [0.29, 0.717) is 16.7 Å². The molecule has 0 saturated heterocycles. The first kappa shape index (κ1) is 12.5. The number of aromatic amines is 2. The number of nitrogens with zero attached hydrogens (tertiary/aromatic N) is 1. The Morgan fingerprint density at radius 1 is 1.31 bits per heavy atom. The second kappa shape index (κ2) is 4.52. The molecular weight excluding hydrogens is 210 g/mol. The molecule has 0 atom stereocenters. The van der Waals surface area contributed by atoms with E-state index >= 15 is 0 Å². The Hall–Kier alpha value is -1.56. The molecule has 16 heavy (non-hydrogen) atoms. The first-order valence-corrected chi connectivity index (χ1v) is 5.12. The standard InChI is InChI=1S/C10H17N3O3/c1-5-16-9(14)8-7(6-13(2,3)4)11-10(15)12-8/h5-6H2,1-4H3,(H-,11,12,14,15)/p+1. The van der Waals surface area contributed by atoms with Gasteiger partial charge in [0, 0.05) is 0 Å². The van der Waals surface area contributed by atoms with Crippen molar-refractivity contribution in [3.05, 3.63) is 21.9 Å². The molecule has 0 aromatic carbocycles. The summed E-state index contributed by atoms with van der Waals surface area (Å²) in [5.41, 5.74) is 0.419. The van der Waals surface area contributed by atoms with Crippen molar-refractivity contribution >= 4 is 5.97 Å². The van der Waals surface area contributed by atoms with E-state index in [9.17, 15) is 9.59 Å². The fourth-order valence-corrected chi connectivity index (χ4v) is 1.39. The van der Waals surface area contributed by atoms with Crippen LogP contribution in [0.3, 0.4) is 0 Å². The first-order chi connectivity index (χ1) is 7.33. The molecule has 1 aromatic heterocycles. The molecule has 1 aromatic rings. The van der Waals surface area contributed by atoms with Gasteiger partial charge in [0.15, 0.2) is 5.69 Å². The van der Waals surface area contributed by atoms with Crippen LogP contribution in [0.1, 0.15) is 23.1 Å². The third-order valence-corrected chi connectivity index (χ3v) is 1.92. The minimum Gasteiger partial charge on any atom is -0.461 e. The predicted octanol–water partition coefficient (Wildman–Crippen LogP) is 0.0859. The van der Waals surface area contributed by atoms with E-state index in [1.165, 1.54) is 0 Å². The number of H-pyrrole nitrogens is 2. The summed E-state index contributed by atoms with van der Waals surface area (Å²) in [6, 6.07) is 0. The zero-order chi connectivity index (χ0) is 12.3. The molecule has 6 heteroatoms. The highest BCUT2D eigenvalue weighted by atomic mass is 16.5. The van der Waals surface area contributed by atoms with E-state index in [2.05, 4.69) is 9.97 Å². The van der Waals surface area contributed by atoms with Crippen LogP contribution in [0.25, 0.3) is 0 Å². The molecule has 1 heterocycles. The molecule has 0 aliphatic rings. The second-order valence-electron chi connectivity index (χ2n) is 4.60. The van der Waals surface area contributed by atoms with Crippen molar-refractivity contribution in [2.45, 2.75) is 13.5 Å². The maximum absolute atomic E-state index is 11.5. The molecule has 0 saturated carbocycles. The molecule has 6 nitrogen and oxygen atoms in total. The Morgan fingerprint density at radius 3 is 2.44 bits per heavy atom. The lowest BCUT2D eigenvalue weighted by atomic mass is 10.3. The summed E-state index contributed by atoms with van der Waals surface area (Å²) in [5.74, 6) is -0.496. The summed E-state index contributed by atoms with van der Waals surface area (Å²) in [7, 11) is 5.92. The van der Waals surface area contributed by atoms with Gasteiger partial charge in [0.25, 0.3) is 0 Å². The molecule has 0 amide bonds. The number of hydrogen-bond donors (Lipinski definition) is 2. The number of carbonyl (C=O) groups excluding carboxylic acids is 1. The van der Waals surface area contributed by atoms with Crippen LogP contribution in [-0.2, 0) is 11.3 Å². The zero-order valence-electron chi connectivity index (χ0n) is 10.1. The van der Waals surface area contributed by atoms with Crippen molar-refractivity contribution < 1.29 is 14.0 Å². The number of imidazole rings is 1. The maximum Gasteiger partial charge on any atom is 0.356 e. The molecule has 0 bridgehead atoms. The SMILES string of the molecule is CCOC(=O)c1[nH]c(=O)[nH]c1C[N+](C)(C)C. The topological polar surface area (TPSA) is 75.0 Å². The minimum atomic E-state index is -0.496. The monoisotopic (exact) mass is 228 g/mol. The van der Waals surface area contributed by atoms with Gasteiger partial charge in [-0.1, -0.05) is 0 Å². The maximum atomic E-state index is 11.5. The Balaban J connectivity index is 3.00. The summed E-state index contributed by atoms with van der Waals surface area (Å²) >= 11 is 0. The molecule has 0 aliphatic heterocycles. The number of nitrogens with one attached hydrogen (secondary N) is 2. The van der Waals surface area contributed by atoms with Crippen LogP contribution in [0.4, 0.5) is 0 Å². The summed E-state index contributed by atoms with van der Waals surface area (Å²) in [6.07, 6.45) is 0. The van der Waals surface area contributed by atoms with E-state index < -0.39 is 5.97 Å². The van der Waals surface area contributed by atoms with E-state index in [0.717, 1.165) is 0 Å². The van der Waals surface area contributed by atoms with Crippen LogP contribution in [0.2, 0.25) is 0 Å². The van der Waals surface area contributed by atoms with Gasteiger partial charge in [0.1, 0.15) is 12.2 Å². The highest BCUT2D eigenvalue weighted by molar-refractivity contribution is 5.88. The molecule has 0 fully saturated rings. The summed E-state index contributed by atoms with van der Waals surface area (Å²) in [4.78, 5) is 27.8. The number of aromatic nitrogens is 2. The van der Waals surface area contributed by atoms with Gasteiger partial charge in [-0.05, 0) is 6.92 Å². The average Bonchev–Trinajstić information content (AvgIpc) is 2.44.